The van der Waals surface area contributed by atoms with Gasteiger partial charge in [-0.25, -0.2) is 0 Å². The molecule has 0 bridgehead atoms. The summed E-state index contributed by atoms with van der Waals surface area (Å²) < 4.78 is 6.06. The molecule has 0 saturated carbocycles. The lowest BCUT2D eigenvalue weighted by Crippen LogP contribution is -2.43. The van der Waals surface area contributed by atoms with Crippen molar-refractivity contribution in [1.29, 1.82) is 0 Å². The number of hydrogen-bond acceptors (Lipinski definition) is 3. The Morgan fingerprint density at radius 1 is 1.29 bits per heavy atom. The maximum Gasteiger partial charge on any atom is 0.169 e. The number of furan rings is 1. The van der Waals surface area contributed by atoms with E-state index in [4.69, 9.17) is 15.9 Å². The molecule has 0 aliphatic rings. The summed E-state index contributed by atoms with van der Waals surface area (Å²) in [5, 5.41) is 0. The monoisotopic (exact) mass is 260 g/mol. The SMILES string of the molecule is CC(C)(C)[C@H](N)[C@@H](N)c1ccc(Br)o1. The van der Waals surface area contributed by atoms with Crippen LogP contribution in [0.1, 0.15) is 32.6 Å². The summed E-state index contributed by atoms with van der Waals surface area (Å²) in [4.78, 5) is 0. The van der Waals surface area contributed by atoms with Gasteiger partial charge in [-0.05, 0) is 33.5 Å². The zero-order chi connectivity index (χ0) is 10.9. The minimum Gasteiger partial charge on any atom is -0.453 e. The van der Waals surface area contributed by atoms with E-state index in [0.717, 1.165) is 5.76 Å². The van der Waals surface area contributed by atoms with Crippen molar-refractivity contribution in [3.8, 4) is 0 Å². The number of halogens is 1. The summed E-state index contributed by atoms with van der Waals surface area (Å²) in [7, 11) is 0. The number of rotatable bonds is 2. The quantitative estimate of drug-likeness (QED) is 0.859. The first-order valence-electron chi connectivity index (χ1n) is 4.59. The van der Waals surface area contributed by atoms with Gasteiger partial charge in [0, 0.05) is 6.04 Å². The molecule has 0 aromatic carbocycles. The van der Waals surface area contributed by atoms with Crippen molar-refractivity contribution in [2.45, 2.75) is 32.9 Å². The summed E-state index contributed by atoms with van der Waals surface area (Å²) in [6.07, 6.45) is 0. The summed E-state index contributed by atoms with van der Waals surface area (Å²) in [6.45, 7) is 6.19. The topological polar surface area (TPSA) is 65.2 Å². The maximum absolute atomic E-state index is 6.04. The third-order valence-corrected chi connectivity index (χ3v) is 2.74. The van der Waals surface area contributed by atoms with Gasteiger partial charge in [-0.15, -0.1) is 0 Å². The van der Waals surface area contributed by atoms with Crippen LogP contribution in [-0.2, 0) is 0 Å². The van der Waals surface area contributed by atoms with Crippen LogP contribution < -0.4 is 11.5 Å². The minimum atomic E-state index is -0.263. The second-order valence-electron chi connectivity index (χ2n) is 4.56. The average molecular weight is 261 g/mol. The summed E-state index contributed by atoms with van der Waals surface area (Å²) in [6, 6.07) is 3.28. The summed E-state index contributed by atoms with van der Waals surface area (Å²) in [5.74, 6) is 0.722. The molecule has 0 amide bonds. The van der Waals surface area contributed by atoms with E-state index in [1.165, 1.54) is 0 Å². The molecule has 0 fully saturated rings. The average Bonchev–Trinajstić information content (AvgIpc) is 2.47. The van der Waals surface area contributed by atoms with Crippen LogP contribution >= 0.6 is 15.9 Å². The molecule has 1 rings (SSSR count). The fourth-order valence-electron chi connectivity index (χ4n) is 1.22. The molecule has 0 spiro atoms. The lowest BCUT2D eigenvalue weighted by atomic mass is 9.82. The van der Waals surface area contributed by atoms with Crippen LogP contribution in [0.2, 0.25) is 0 Å². The van der Waals surface area contributed by atoms with Gasteiger partial charge in [-0.3, -0.25) is 0 Å². The van der Waals surface area contributed by atoms with Crippen molar-refractivity contribution < 1.29 is 4.42 Å². The Morgan fingerprint density at radius 3 is 2.21 bits per heavy atom. The fraction of sp³-hybridized carbons (Fsp3) is 0.600. The molecular formula is C10H17BrN2O. The fourth-order valence-corrected chi connectivity index (χ4v) is 1.54. The smallest absolute Gasteiger partial charge is 0.169 e. The van der Waals surface area contributed by atoms with Crippen molar-refractivity contribution in [3.63, 3.8) is 0 Å². The molecule has 3 nitrogen and oxygen atoms in total. The highest BCUT2D eigenvalue weighted by atomic mass is 79.9. The third-order valence-electron chi connectivity index (χ3n) is 2.31. The molecule has 4 N–H and O–H groups in total. The van der Waals surface area contributed by atoms with Gasteiger partial charge in [0.15, 0.2) is 4.67 Å². The van der Waals surface area contributed by atoms with Gasteiger partial charge < -0.3 is 15.9 Å². The largest absolute Gasteiger partial charge is 0.453 e. The standard InChI is InChI=1S/C10H17BrN2O/c1-10(2,3)9(13)8(12)6-4-5-7(11)14-6/h4-5,8-9H,12-13H2,1-3H3/t8-,9+/m0/s1. The highest BCUT2D eigenvalue weighted by Gasteiger charge is 2.29. The Balaban J connectivity index is 2.80. The van der Waals surface area contributed by atoms with Gasteiger partial charge >= 0.3 is 0 Å². The van der Waals surface area contributed by atoms with Gasteiger partial charge in [0.2, 0.25) is 0 Å². The van der Waals surface area contributed by atoms with Crippen molar-refractivity contribution in [1.82, 2.24) is 0 Å². The molecular weight excluding hydrogens is 244 g/mol. The molecule has 14 heavy (non-hydrogen) atoms. The van der Waals surface area contributed by atoms with E-state index in [1.54, 1.807) is 0 Å². The van der Waals surface area contributed by atoms with E-state index in [0.29, 0.717) is 4.67 Å². The van der Waals surface area contributed by atoms with Crippen molar-refractivity contribution in [3.05, 3.63) is 22.6 Å². The number of nitrogens with two attached hydrogens (primary N) is 2. The summed E-state index contributed by atoms with van der Waals surface area (Å²) in [5.41, 5.74) is 12.0. The highest BCUT2D eigenvalue weighted by Crippen LogP contribution is 2.28. The lowest BCUT2D eigenvalue weighted by molar-refractivity contribution is 0.261. The van der Waals surface area contributed by atoms with E-state index in [1.807, 2.05) is 12.1 Å². The zero-order valence-corrected chi connectivity index (χ0v) is 10.3. The second kappa shape index (κ2) is 4.04. The Morgan fingerprint density at radius 2 is 1.86 bits per heavy atom. The van der Waals surface area contributed by atoms with Crippen LogP contribution in [-0.4, -0.2) is 6.04 Å². The zero-order valence-electron chi connectivity index (χ0n) is 8.75. The van der Waals surface area contributed by atoms with Gasteiger partial charge in [0.1, 0.15) is 5.76 Å². The maximum atomic E-state index is 6.04. The van der Waals surface area contributed by atoms with E-state index >= 15 is 0 Å². The molecule has 1 aromatic heterocycles. The highest BCUT2D eigenvalue weighted by molar-refractivity contribution is 9.10. The molecule has 0 aliphatic carbocycles. The third kappa shape index (κ3) is 2.59. The van der Waals surface area contributed by atoms with Crippen LogP contribution in [0.25, 0.3) is 0 Å². The Hall–Kier alpha value is -0.320. The van der Waals surface area contributed by atoms with E-state index in [-0.39, 0.29) is 17.5 Å². The van der Waals surface area contributed by atoms with Crippen molar-refractivity contribution >= 4 is 15.9 Å². The lowest BCUT2D eigenvalue weighted by Gasteiger charge is -2.30. The second-order valence-corrected chi connectivity index (χ2v) is 5.34. The van der Waals surface area contributed by atoms with Crippen LogP contribution in [0.4, 0.5) is 0 Å². The predicted octanol–water partition coefficient (Wildman–Crippen LogP) is 2.42. The van der Waals surface area contributed by atoms with Gasteiger partial charge in [-0.1, -0.05) is 20.8 Å². The van der Waals surface area contributed by atoms with E-state index in [2.05, 4.69) is 36.7 Å². The normalized spacial score (nSPS) is 16.7. The predicted molar refractivity (Wildman–Crippen MR) is 60.8 cm³/mol. The Kier molecular flexibility index (Phi) is 3.40. The van der Waals surface area contributed by atoms with Crippen molar-refractivity contribution in [2.24, 2.45) is 16.9 Å². The van der Waals surface area contributed by atoms with Gasteiger partial charge in [-0.2, -0.15) is 0 Å². The Bertz CT molecular complexity index is 303. The van der Waals surface area contributed by atoms with Crippen LogP contribution in [0, 0.1) is 5.41 Å². The first kappa shape index (κ1) is 11.8. The van der Waals surface area contributed by atoms with Gasteiger partial charge in [0.05, 0.1) is 6.04 Å². The van der Waals surface area contributed by atoms with E-state index in [9.17, 15) is 0 Å². The Labute approximate surface area is 93.0 Å². The van der Waals surface area contributed by atoms with Crippen molar-refractivity contribution in [2.75, 3.05) is 0 Å². The molecule has 4 heteroatoms. The molecule has 1 heterocycles. The molecule has 0 aliphatic heterocycles. The van der Waals surface area contributed by atoms with Crippen LogP contribution in [0.15, 0.2) is 21.2 Å². The minimum absolute atomic E-state index is 0.0291. The number of hydrogen-bond donors (Lipinski definition) is 2. The van der Waals surface area contributed by atoms with E-state index < -0.39 is 0 Å². The van der Waals surface area contributed by atoms with Gasteiger partial charge in [0.25, 0.3) is 0 Å². The molecule has 0 unspecified atom stereocenters. The summed E-state index contributed by atoms with van der Waals surface area (Å²) >= 11 is 3.24. The first-order valence-corrected chi connectivity index (χ1v) is 5.38. The molecule has 80 valence electrons. The molecule has 0 saturated heterocycles. The van der Waals surface area contributed by atoms with Crippen LogP contribution in [0.3, 0.4) is 0 Å². The van der Waals surface area contributed by atoms with Crippen LogP contribution in [0.5, 0.6) is 0 Å². The molecule has 1 aromatic rings. The first-order chi connectivity index (χ1) is 6.32. The molecule has 2 atom stereocenters. The molecule has 0 radical (unpaired) electrons.